The Kier molecular flexibility index (Phi) is 8.58. The molecule has 0 saturated carbocycles. The predicted molar refractivity (Wildman–Crippen MR) is 164 cm³/mol. The number of benzene rings is 2. The molecule has 0 bridgehead atoms. The molecule has 0 aliphatic carbocycles. The summed E-state index contributed by atoms with van der Waals surface area (Å²) in [6, 6.07) is 12.4. The number of thiazole rings is 1. The Labute approximate surface area is 251 Å². The van der Waals surface area contributed by atoms with Gasteiger partial charge in [-0.1, -0.05) is 12.1 Å². The highest BCUT2D eigenvalue weighted by Crippen LogP contribution is 2.33. The van der Waals surface area contributed by atoms with E-state index in [1.807, 2.05) is 51.3 Å². The van der Waals surface area contributed by atoms with Crippen LogP contribution < -0.4 is 15.1 Å². The van der Waals surface area contributed by atoms with Crippen LogP contribution in [0.15, 0.2) is 52.7 Å². The number of anilines is 2. The number of aromatic nitrogens is 1. The number of aryl methyl sites for hydroxylation is 1. The summed E-state index contributed by atoms with van der Waals surface area (Å²) in [6.45, 7) is 10.2. The molecule has 1 aromatic heterocycles. The first kappa shape index (κ1) is 30.0. The second-order valence-corrected chi connectivity index (χ2v) is 14.3. The van der Waals surface area contributed by atoms with Gasteiger partial charge in [0.2, 0.25) is 10.0 Å². The van der Waals surface area contributed by atoms with Gasteiger partial charge in [0.1, 0.15) is 5.60 Å². The van der Waals surface area contributed by atoms with E-state index in [1.165, 1.54) is 4.31 Å². The van der Waals surface area contributed by atoms with Gasteiger partial charge in [-0.2, -0.15) is 4.31 Å². The average Bonchev–Trinajstić information content (AvgIpc) is 3.58. The monoisotopic (exact) mass is 611 g/mol. The molecule has 0 radical (unpaired) electrons. The number of hydrogen-bond donors (Lipinski definition) is 1. The Balaban J connectivity index is 1.22. The number of nitrogens with zero attached hydrogens (tertiary/aromatic N) is 4. The highest BCUT2D eigenvalue weighted by atomic mass is 32.2. The summed E-state index contributed by atoms with van der Waals surface area (Å²) in [5.41, 5.74) is 3.45. The molecule has 0 spiro atoms. The van der Waals surface area contributed by atoms with E-state index in [9.17, 15) is 18.0 Å². The summed E-state index contributed by atoms with van der Waals surface area (Å²) in [4.78, 5) is 34.0. The van der Waals surface area contributed by atoms with Crippen LogP contribution in [0.4, 0.5) is 15.6 Å². The fourth-order valence-electron chi connectivity index (χ4n) is 5.14. The lowest BCUT2D eigenvalue weighted by Crippen LogP contribution is -2.48. The molecule has 224 valence electrons. The number of carbonyl (C=O) groups is 2. The van der Waals surface area contributed by atoms with Crippen LogP contribution in [0.25, 0.3) is 0 Å². The third-order valence-electron chi connectivity index (χ3n) is 7.20. The van der Waals surface area contributed by atoms with Crippen molar-refractivity contribution in [2.75, 3.05) is 49.1 Å². The predicted octanol–water partition coefficient (Wildman–Crippen LogP) is 4.23. The van der Waals surface area contributed by atoms with Crippen molar-refractivity contribution in [3.05, 3.63) is 70.2 Å². The lowest BCUT2D eigenvalue weighted by molar-refractivity contribution is 0.0528. The zero-order valence-corrected chi connectivity index (χ0v) is 26.1. The minimum Gasteiger partial charge on any atom is -0.444 e. The molecule has 3 aromatic rings. The number of hydrogen-bond acceptors (Lipinski definition) is 8. The number of alkyl carbamates (subject to hydrolysis) is 1. The van der Waals surface area contributed by atoms with E-state index in [-0.39, 0.29) is 10.8 Å². The molecule has 5 rings (SSSR count). The van der Waals surface area contributed by atoms with Crippen molar-refractivity contribution in [1.82, 2.24) is 14.6 Å². The molecule has 2 aliphatic rings. The smallest absolute Gasteiger partial charge is 0.407 e. The quantitative estimate of drug-likeness (QED) is 0.426. The zero-order chi connectivity index (χ0) is 30.1. The van der Waals surface area contributed by atoms with E-state index in [2.05, 4.69) is 15.2 Å². The van der Waals surface area contributed by atoms with E-state index in [1.54, 1.807) is 40.5 Å². The van der Waals surface area contributed by atoms with Crippen molar-refractivity contribution in [3.8, 4) is 0 Å². The molecule has 42 heavy (non-hydrogen) atoms. The number of piperazine rings is 1. The molecule has 1 fully saturated rings. The van der Waals surface area contributed by atoms with Gasteiger partial charge in [0, 0.05) is 55.9 Å². The third kappa shape index (κ3) is 6.77. The molecule has 1 saturated heterocycles. The Hall–Kier alpha value is -3.48. The highest BCUT2D eigenvalue weighted by Gasteiger charge is 2.32. The summed E-state index contributed by atoms with van der Waals surface area (Å²) in [5.74, 6) is -0.139. The fraction of sp³-hybridized carbons (Fsp3) is 0.433. The van der Waals surface area contributed by atoms with Crippen LogP contribution in [0.3, 0.4) is 0 Å². The standard InChI is InChI=1S/C30H37N5O5S2/c1-21-20-41-28(32-21)33-14-16-34(17-15-33)42(38,39)25-8-9-26-23(19-25)11-13-35(26)27(36)24-7-5-6-22(18-24)10-12-31-29(37)40-30(2,3)4/h5-9,18-20H,10-17H2,1-4H3,(H,31,37). The Morgan fingerprint density at radius 1 is 1.05 bits per heavy atom. The Bertz CT molecular complexity index is 1570. The van der Waals surface area contributed by atoms with E-state index in [0.29, 0.717) is 57.7 Å². The van der Waals surface area contributed by atoms with E-state index < -0.39 is 21.7 Å². The summed E-state index contributed by atoms with van der Waals surface area (Å²) in [6.07, 6.45) is 0.662. The van der Waals surface area contributed by atoms with Crippen LogP contribution in [-0.4, -0.2) is 74.6 Å². The van der Waals surface area contributed by atoms with E-state index >= 15 is 0 Å². The van der Waals surface area contributed by atoms with Gasteiger partial charge < -0.3 is 19.9 Å². The summed E-state index contributed by atoms with van der Waals surface area (Å²) >= 11 is 1.58. The lowest BCUT2D eigenvalue weighted by atomic mass is 10.1. The number of nitrogens with one attached hydrogen (secondary N) is 1. The van der Waals surface area contributed by atoms with Gasteiger partial charge in [0.05, 0.1) is 10.6 Å². The van der Waals surface area contributed by atoms with Crippen molar-refractivity contribution in [2.24, 2.45) is 0 Å². The summed E-state index contributed by atoms with van der Waals surface area (Å²) < 4.78 is 33.8. The van der Waals surface area contributed by atoms with Gasteiger partial charge in [0.25, 0.3) is 5.91 Å². The largest absolute Gasteiger partial charge is 0.444 e. The molecule has 10 nitrogen and oxygen atoms in total. The second-order valence-electron chi connectivity index (χ2n) is 11.5. The Morgan fingerprint density at radius 2 is 1.81 bits per heavy atom. The van der Waals surface area contributed by atoms with Crippen LogP contribution in [0, 0.1) is 6.92 Å². The van der Waals surface area contributed by atoms with Crippen molar-refractivity contribution in [2.45, 2.75) is 51.0 Å². The van der Waals surface area contributed by atoms with Gasteiger partial charge in [-0.3, -0.25) is 4.79 Å². The lowest BCUT2D eigenvalue weighted by Gasteiger charge is -2.33. The fourth-order valence-corrected chi connectivity index (χ4v) is 7.47. The first-order valence-corrected chi connectivity index (χ1v) is 16.4. The van der Waals surface area contributed by atoms with Gasteiger partial charge in [-0.25, -0.2) is 18.2 Å². The normalized spacial score (nSPS) is 15.9. The third-order valence-corrected chi connectivity index (χ3v) is 10.1. The van der Waals surface area contributed by atoms with Crippen molar-refractivity contribution in [3.63, 3.8) is 0 Å². The maximum atomic E-state index is 13.5. The second kappa shape index (κ2) is 12.0. The average molecular weight is 612 g/mol. The van der Waals surface area contributed by atoms with Crippen molar-refractivity contribution >= 4 is 44.2 Å². The number of sulfonamides is 1. The number of rotatable bonds is 7. The topological polar surface area (TPSA) is 112 Å². The van der Waals surface area contributed by atoms with Gasteiger partial charge in [0.15, 0.2) is 5.13 Å². The van der Waals surface area contributed by atoms with Gasteiger partial charge in [-0.15, -0.1) is 11.3 Å². The van der Waals surface area contributed by atoms with Crippen molar-refractivity contribution in [1.29, 1.82) is 0 Å². The zero-order valence-electron chi connectivity index (χ0n) is 24.4. The number of carbonyl (C=O) groups excluding carboxylic acids is 2. The minimum atomic E-state index is -3.66. The van der Waals surface area contributed by atoms with Crippen LogP contribution in [0.1, 0.15) is 48.0 Å². The summed E-state index contributed by atoms with van der Waals surface area (Å²) in [5, 5.41) is 5.67. The minimum absolute atomic E-state index is 0.139. The molecule has 0 unspecified atom stereocenters. The molecule has 0 atom stereocenters. The SMILES string of the molecule is Cc1csc(N2CCN(S(=O)(=O)c3ccc4c(c3)CCN4C(=O)c3cccc(CCNC(=O)OC(C)(C)C)c3)CC2)n1. The number of ether oxygens (including phenoxy) is 1. The van der Waals surface area contributed by atoms with E-state index in [0.717, 1.165) is 27.6 Å². The Morgan fingerprint density at radius 3 is 2.50 bits per heavy atom. The maximum absolute atomic E-state index is 13.5. The van der Waals surface area contributed by atoms with Crippen molar-refractivity contribution < 1.29 is 22.7 Å². The molecule has 12 heteroatoms. The molecule has 2 aliphatic heterocycles. The van der Waals surface area contributed by atoms with E-state index in [4.69, 9.17) is 4.74 Å². The first-order chi connectivity index (χ1) is 19.9. The number of amides is 2. The van der Waals surface area contributed by atoms with Crippen LogP contribution >= 0.6 is 11.3 Å². The molecule has 2 amide bonds. The van der Waals surface area contributed by atoms with Crippen LogP contribution in [-0.2, 0) is 27.6 Å². The van der Waals surface area contributed by atoms with Crippen LogP contribution in [0.2, 0.25) is 0 Å². The van der Waals surface area contributed by atoms with Gasteiger partial charge in [-0.05, 0) is 82.0 Å². The highest BCUT2D eigenvalue weighted by molar-refractivity contribution is 7.89. The number of fused-ring (bicyclic) bond motifs is 1. The maximum Gasteiger partial charge on any atom is 0.407 e. The molecular weight excluding hydrogens is 574 g/mol. The first-order valence-electron chi connectivity index (χ1n) is 14.1. The van der Waals surface area contributed by atoms with Gasteiger partial charge >= 0.3 is 6.09 Å². The molecule has 3 heterocycles. The molecule has 2 aromatic carbocycles. The van der Waals surface area contributed by atoms with Crippen LogP contribution in [0.5, 0.6) is 0 Å². The molecular formula is C30H37N5O5S2. The summed E-state index contributed by atoms with van der Waals surface area (Å²) in [7, 11) is -3.66. The molecule has 1 N–H and O–H groups in total.